The summed E-state index contributed by atoms with van der Waals surface area (Å²) in [5.74, 6) is 0.195. The second-order valence-electron chi connectivity index (χ2n) is 9.23. The zero-order valence-corrected chi connectivity index (χ0v) is 21.1. The number of rotatable bonds is 17. The van der Waals surface area contributed by atoms with E-state index in [2.05, 4.69) is 52.2 Å². The highest BCUT2D eigenvalue weighted by Crippen LogP contribution is 2.27. The minimum Gasteiger partial charge on any atom is -0.491 e. The van der Waals surface area contributed by atoms with Crippen molar-refractivity contribution >= 4 is 18.1 Å². The van der Waals surface area contributed by atoms with Gasteiger partial charge in [0.25, 0.3) is 0 Å². The summed E-state index contributed by atoms with van der Waals surface area (Å²) in [6, 6.07) is 10.3. The molecule has 0 unspecified atom stereocenters. The average molecular weight is 480 g/mol. The average Bonchev–Trinajstić information content (AvgIpc) is 3.60. The van der Waals surface area contributed by atoms with Crippen LogP contribution in [0.5, 0.6) is 5.75 Å². The van der Waals surface area contributed by atoms with Crippen LogP contribution < -0.4 is 15.4 Å². The van der Waals surface area contributed by atoms with Crippen molar-refractivity contribution in [2.75, 3.05) is 6.61 Å². The lowest BCUT2D eigenvalue weighted by atomic mass is 10.1. The maximum Gasteiger partial charge on any atom is 0.303 e. The Kier molecular flexibility index (Phi) is 11.3. The third-order valence-corrected chi connectivity index (χ3v) is 6.15. The standard InChI is InChI=1S/C29H41N3O3/c1-2-20-35-28-22-26(25-15-13-19-30-25)32-27(28)21-24-18-17-23(31-24)14-11-9-7-5-3-4-6-8-10-12-16-29(33)34/h13-15,17-19,21-22,30-32H,2-12,16,20H2,1H3,(H,33,34). The number of unbranched alkanes of at least 4 members (excludes halogenated alkanes) is 9. The second kappa shape index (κ2) is 15.0. The second-order valence-corrected chi connectivity index (χ2v) is 9.23. The van der Waals surface area contributed by atoms with Crippen LogP contribution in [-0.4, -0.2) is 32.6 Å². The Balaban J connectivity index is 1.42. The molecule has 0 aliphatic carbocycles. The molecule has 3 aromatic rings. The van der Waals surface area contributed by atoms with Gasteiger partial charge in [-0.05, 0) is 56.0 Å². The van der Waals surface area contributed by atoms with Crippen LogP contribution in [0, 0.1) is 0 Å². The maximum absolute atomic E-state index is 10.5. The monoisotopic (exact) mass is 479 g/mol. The third-order valence-electron chi connectivity index (χ3n) is 6.15. The Labute approximate surface area is 208 Å². The number of carboxylic acids is 1. The maximum atomic E-state index is 10.5. The number of hydrogen-bond donors (Lipinski definition) is 4. The van der Waals surface area contributed by atoms with Gasteiger partial charge in [-0.15, -0.1) is 0 Å². The van der Waals surface area contributed by atoms with Gasteiger partial charge in [-0.25, -0.2) is 0 Å². The van der Waals surface area contributed by atoms with Crippen molar-refractivity contribution in [2.45, 2.75) is 84.0 Å². The fourth-order valence-electron chi connectivity index (χ4n) is 4.24. The van der Waals surface area contributed by atoms with E-state index in [1.54, 1.807) is 0 Å². The van der Waals surface area contributed by atoms with Crippen LogP contribution in [0.2, 0.25) is 0 Å². The number of carbonyl (C=O) groups is 1. The van der Waals surface area contributed by atoms with E-state index in [-0.39, 0.29) is 0 Å². The van der Waals surface area contributed by atoms with Gasteiger partial charge in [0.1, 0.15) is 5.75 Å². The molecule has 3 heterocycles. The molecule has 190 valence electrons. The number of hydrogen-bond acceptors (Lipinski definition) is 2. The first-order valence-corrected chi connectivity index (χ1v) is 13.2. The molecule has 3 aromatic heterocycles. The van der Waals surface area contributed by atoms with E-state index in [1.807, 2.05) is 18.3 Å². The molecule has 0 amide bonds. The van der Waals surface area contributed by atoms with E-state index in [9.17, 15) is 4.79 Å². The molecule has 0 atom stereocenters. The van der Waals surface area contributed by atoms with E-state index < -0.39 is 5.97 Å². The smallest absolute Gasteiger partial charge is 0.303 e. The van der Waals surface area contributed by atoms with Crippen LogP contribution in [0.4, 0.5) is 0 Å². The number of aromatic amines is 3. The number of H-pyrrole nitrogens is 3. The normalized spacial score (nSPS) is 12.5. The van der Waals surface area contributed by atoms with Crippen molar-refractivity contribution in [3.63, 3.8) is 0 Å². The number of ether oxygens (including phenoxy) is 1. The van der Waals surface area contributed by atoms with Crippen molar-refractivity contribution in [1.82, 2.24) is 15.0 Å². The van der Waals surface area contributed by atoms with E-state index >= 15 is 0 Å². The molecule has 0 aliphatic rings. The summed E-state index contributed by atoms with van der Waals surface area (Å²) >= 11 is 0. The molecule has 0 spiro atoms. The largest absolute Gasteiger partial charge is 0.491 e. The SMILES string of the molecule is CCCOc1cc(-c2ccc[nH]2)[nH]c1C=c1ccc(=CCCCCCCCCCCCC(=O)O)[nH]1. The Morgan fingerprint density at radius 1 is 0.914 bits per heavy atom. The first-order chi connectivity index (χ1) is 17.2. The molecular weight excluding hydrogens is 438 g/mol. The van der Waals surface area contributed by atoms with Gasteiger partial charge in [-0.1, -0.05) is 57.9 Å². The summed E-state index contributed by atoms with van der Waals surface area (Å²) in [4.78, 5) is 20.7. The summed E-state index contributed by atoms with van der Waals surface area (Å²) < 4.78 is 5.98. The van der Waals surface area contributed by atoms with E-state index in [1.165, 1.54) is 38.5 Å². The molecule has 35 heavy (non-hydrogen) atoms. The molecule has 6 nitrogen and oxygen atoms in total. The zero-order valence-electron chi connectivity index (χ0n) is 21.1. The van der Waals surface area contributed by atoms with Crippen LogP contribution in [-0.2, 0) is 4.79 Å². The minimum atomic E-state index is -0.677. The van der Waals surface area contributed by atoms with Gasteiger partial charge < -0.3 is 24.8 Å². The number of aromatic nitrogens is 3. The number of carboxylic acid groups (broad SMARTS) is 1. The highest BCUT2D eigenvalue weighted by atomic mass is 16.5. The van der Waals surface area contributed by atoms with E-state index in [0.717, 1.165) is 65.6 Å². The molecule has 0 bridgehead atoms. The molecule has 3 rings (SSSR count). The minimum absolute atomic E-state index is 0.312. The number of aliphatic carboxylic acids is 1. The third kappa shape index (κ3) is 9.55. The molecule has 0 fully saturated rings. The zero-order chi connectivity index (χ0) is 24.7. The Morgan fingerprint density at radius 2 is 1.63 bits per heavy atom. The topological polar surface area (TPSA) is 93.9 Å². The fraction of sp³-hybridized carbons (Fsp3) is 0.483. The summed E-state index contributed by atoms with van der Waals surface area (Å²) in [7, 11) is 0. The van der Waals surface area contributed by atoms with Gasteiger partial charge >= 0.3 is 5.97 Å². The molecule has 0 saturated heterocycles. The van der Waals surface area contributed by atoms with Gasteiger partial charge in [-0.3, -0.25) is 4.79 Å². The van der Waals surface area contributed by atoms with Crippen molar-refractivity contribution < 1.29 is 14.6 Å². The quantitative estimate of drug-likeness (QED) is 0.176. The molecule has 0 aliphatic heterocycles. The predicted octanol–water partition coefficient (Wildman–Crippen LogP) is 6.11. The van der Waals surface area contributed by atoms with Gasteiger partial charge in [0.05, 0.1) is 23.7 Å². The first-order valence-electron chi connectivity index (χ1n) is 13.2. The molecular formula is C29H41N3O3. The Morgan fingerprint density at radius 3 is 2.31 bits per heavy atom. The van der Waals surface area contributed by atoms with Crippen molar-refractivity contribution in [1.29, 1.82) is 0 Å². The van der Waals surface area contributed by atoms with Gasteiger partial charge in [0, 0.05) is 29.4 Å². The lowest BCUT2D eigenvalue weighted by Gasteiger charge is -2.02. The summed E-state index contributed by atoms with van der Waals surface area (Å²) in [5, 5.41) is 10.9. The van der Waals surface area contributed by atoms with Gasteiger partial charge in [-0.2, -0.15) is 0 Å². The van der Waals surface area contributed by atoms with Crippen molar-refractivity contribution in [2.24, 2.45) is 0 Å². The highest BCUT2D eigenvalue weighted by molar-refractivity contribution is 5.66. The molecule has 4 N–H and O–H groups in total. The van der Waals surface area contributed by atoms with Crippen molar-refractivity contribution in [3.8, 4) is 17.1 Å². The summed E-state index contributed by atoms with van der Waals surface area (Å²) in [6.45, 7) is 2.81. The van der Waals surface area contributed by atoms with Crippen LogP contribution in [0.15, 0.2) is 36.5 Å². The van der Waals surface area contributed by atoms with Crippen LogP contribution in [0.1, 0.15) is 89.7 Å². The lowest BCUT2D eigenvalue weighted by molar-refractivity contribution is -0.137. The number of nitrogens with one attached hydrogen (secondary N) is 3. The van der Waals surface area contributed by atoms with Gasteiger partial charge in [0.2, 0.25) is 0 Å². The Hall–Kier alpha value is -3.15. The fourth-order valence-corrected chi connectivity index (χ4v) is 4.24. The van der Waals surface area contributed by atoms with Crippen molar-refractivity contribution in [3.05, 3.63) is 52.9 Å². The summed E-state index contributed by atoms with van der Waals surface area (Å²) in [6.07, 6.45) is 19.2. The molecule has 6 heteroatoms. The van der Waals surface area contributed by atoms with Crippen LogP contribution in [0.25, 0.3) is 23.5 Å². The van der Waals surface area contributed by atoms with Crippen LogP contribution in [0.3, 0.4) is 0 Å². The lowest BCUT2D eigenvalue weighted by Crippen LogP contribution is -2.09. The van der Waals surface area contributed by atoms with E-state index in [0.29, 0.717) is 13.0 Å². The van der Waals surface area contributed by atoms with E-state index in [4.69, 9.17) is 9.84 Å². The van der Waals surface area contributed by atoms with Crippen LogP contribution >= 0.6 is 0 Å². The molecule has 0 radical (unpaired) electrons. The van der Waals surface area contributed by atoms with Gasteiger partial charge in [0.15, 0.2) is 0 Å². The first kappa shape index (κ1) is 26.5. The molecule has 0 saturated carbocycles. The molecule has 0 aromatic carbocycles. The Bertz CT molecular complexity index is 1110. The summed E-state index contributed by atoms with van der Waals surface area (Å²) in [5.41, 5.74) is 3.03. The predicted molar refractivity (Wildman–Crippen MR) is 143 cm³/mol. The highest BCUT2D eigenvalue weighted by Gasteiger charge is 2.09.